The summed E-state index contributed by atoms with van der Waals surface area (Å²) in [5.74, 6) is 0.0130. The van der Waals surface area contributed by atoms with Gasteiger partial charge in [0.05, 0.1) is 23.7 Å². The molecular formula is C23H28FN5O2. The lowest BCUT2D eigenvalue weighted by Crippen LogP contribution is -2.59. The van der Waals surface area contributed by atoms with Crippen molar-refractivity contribution in [1.82, 2.24) is 14.7 Å². The molecule has 0 spiro atoms. The highest BCUT2D eigenvalue weighted by Crippen LogP contribution is 2.48. The number of fused-ring (bicyclic) bond motifs is 3. The molecular weight excluding hydrogens is 397 g/mol. The van der Waals surface area contributed by atoms with E-state index in [1.54, 1.807) is 17.0 Å². The summed E-state index contributed by atoms with van der Waals surface area (Å²) in [7, 11) is 0. The molecule has 31 heavy (non-hydrogen) atoms. The first-order chi connectivity index (χ1) is 14.7. The van der Waals surface area contributed by atoms with Crippen LogP contribution in [0, 0.1) is 23.1 Å². The first kappa shape index (κ1) is 20.4. The van der Waals surface area contributed by atoms with Crippen LogP contribution in [-0.2, 0) is 15.1 Å². The van der Waals surface area contributed by atoms with Crippen molar-refractivity contribution in [1.29, 1.82) is 5.26 Å². The molecule has 3 heterocycles. The summed E-state index contributed by atoms with van der Waals surface area (Å²) in [4.78, 5) is 31.8. The van der Waals surface area contributed by atoms with Crippen LogP contribution in [0.15, 0.2) is 24.3 Å². The molecule has 7 nitrogen and oxygen atoms in total. The minimum Gasteiger partial charge on any atom is -0.328 e. The molecule has 1 aromatic rings. The highest BCUT2D eigenvalue weighted by Gasteiger charge is 2.57. The quantitative estimate of drug-likeness (QED) is 0.765. The molecule has 3 saturated heterocycles. The molecule has 4 aliphatic rings. The zero-order chi connectivity index (χ0) is 22.1. The van der Waals surface area contributed by atoms with E-state index in [-0.39, 0.29) is 41.8 Å². The van der Waals surface area contributed by atoms with Gasteiger partial charge in [0.25, 0.3) is 0 Å². The topological polar surface area (TPSA) is 93.7 Å². The number of benzene rings is 1. The number of nitrogens with zero attached hydrogens (tertiary/aromatic N) is 4. The number of amides is 2. The average molecular weight is 426 g/mol. The highest BCUT2D eigenvalue weighted by molar-refractivity contribution is 5.87. The highest BCUT2D eigenvalue weighted by atomic mass is 19.1. The van der Waals surface area contributed by atoms with Crippen LogP contribution in [0.4, 0.5) is 4.39 Å². The van der Waals surface area contributed by atoms with Crippen LogP contribution in [0.5, 0.6) is 0 Å². The molecule has 4 fully saturated rings. The second kappa shape index (κ2) is 7.01. The van der Waals surface area contributed by atoms with Crippen molar-refractivity contribution in [2.45, 2.75) is 68.9 Å². The van der Waals surface area contributed by atoms with Crippen LogP contribution in [0.1, 0.15) is 38.7 Å². The van der Waals surface area contributed by atoms with E-state index in [2.05, 4.69) is 6.07 Å². The number of carbonyl (C=O) groups is 2. The van der Waals surface area contributed by atoms with E-state index < -0.39 is 11.6 Å². The summed E-state index contributed by atoms with van der Waals surface area (Å²) in [6, 6.07) is 7.35. The van der Waals surface area contributed by atoms with E-state index in [1.165, 1.54) is 12.1 Å². The maximum atomic E-state index is 13.4. The molecule has 2 N–H and O–H groups in total. The Morgan fingerprint density at radius 2 is 2.00 bits per heavy atom. The largest absolute Gasteiger partial charge is 0.328 e. The molecule has 2 bridgehead atoms. The van der Waals surface area contributed by atoms with E-state index in [1.807, 2.05) is 23.6 Å². The maximum absolute atomic E-state index is 13.4. The molecule has 1 saturated carbocycles. The maximum Gasteiger partial charge on any atom is 0.242 e. The molecule has 6 atom stereocenters. The number of piperazine rings is 1. The van der Waals surface area contributed by atoms with E-state index >= 15 is 0 Å². The van der Waals surface area contributed by atoms with Crippen molar-refractivity contribution in [3.05, 3.63) is 35.6 Å². The number of halogens is 1. The molecule has 1 aliphatic carbocycles. The van der Waals surface area contributed by atoms with Gasteiger partial charge >= 0.3 is 0 Å². The monoisotopic (exact) mass is 425 g/mol. The second-order valence-electron chi connectivity index (χ2n) is 9.93. The fraction of sp³-hybridized carbons (Fsp3) is 0.609. The minimum atomic E-state index is -0.735. The predicted octanol–water partition coefficient (Wildman–Crippen LogP) is 1.19. The summed E-state index contributed by atoms with van der Waals surface area (Å²) < 4.78 is 13.4. The van der Waals surface area contributed by atoms with Crippen LogP contribution < -0.4 is 5.73 Å². The number of piperidine rings is 1. The third-order valence-corrected chi connectivity index (χ3v) is 7.68. The van der Waals surface area contributed by atoms with Gasteiger partial charge in [0, 0.05) is 25.2 Å². The summed E-state index contributed by atoms with van der Waals surface area (Å²) in [5.41, 5.74) is 6.62. The fourth-order valence-corrected chi connectivity index (χ4v) is 6.01. The Morgan fingerprint density at radius 3 is 2.65 bits per heavy atom. The molecule has 2 amide bonds. The Bertz CT molecular complexity index is 958. The summed E-state index contributed by atoms with van der Waals surface area (Å²) in [6.45, 7) is 4.96. The second-order valence-corrected chi connectivity index (χ2v) is 9.93. The molecule has 5 rings (SSSR count). The van der Waals surface area contributed by atoms with Crippen LogP contribution >= 0.6 is 0 Å². The van der Waals surface area contributed by atoms with Crippen LogP contribution in [0.25, 0.3) is 0 Å². The lowest BCUT2D eigenvalue weighted by Gasteiger charge is -2.44. The third-order valence-electron chi connectivity index (χ3n) is 7.68. The Labute approximate surface area is 181 Å². The number of nitrogens with two attached hydrogens (primary N) is 1. The van der Waals surface area contributed by atoms with Crippen LogP contribution in [-0.4, -0.2) is 69.8 Å². The van der Waals surface area contributed by atoms with Gasteiger partial charge in [0.15, 0.2) is 0 Å². The zero-order valence-corrected chi connectivity index (χ0v) is 17.9. The number of hydrogen-bond donors (Lipinski definition) is 1. The molecule has 164 valence electrons. The van der Waals surface area contributed by atoms with E-state index in [0.717, 1.165) is 18.4 Å². The number of rotatable bonds is 5. The van der Waals surface area contributed by atoms with Gasteiger partial charge < -0.3 is 15.5 Å². The van der Waals surface area contributed by atoms with Gasteiger partial charge in [-0.1, -0.05) is 12.1 Å². The average Bonchev–Trinajstić information content (AvgIpc) is 3.06. The van der Waals surface area contributed by atoms with Crippen molar-refractivity contribution >= 4 is 11.8 Å². The van der Waals surface area contributed by atoms with Crippen molar-refractivity contribution in [3.63, 3.8) is 0 Å². The number of hydrogen-bond acceptors (Lipinski definition) is 5. The zero-order valence-electron chi connectivity index (χ0n) is 17.9. The third kappa shape index (κ3) is 3.14. The number of likely N-dealkylation sites (tertiary alicyclic amines) is 3. The predicted molar refractivity (Wildman–Crippen MR) is 111 cm³/mol. The first-order valence-electron chi connectivity index (χ1n) is 11.0. The fourth-order valence-electron chi connectivity index (χ4n) is 6.01. The smallest absolute Gasteiger partial charge is 0.242 e. The van der Waals surface area contributed by atoms with Crippen LogP contribution in [0.3, 0.4) is 0 Å². The molecule has 1 aromatic carbocycles. The Morgan fingerprint density at radius 1 is 1.29 bits per heavy atom. The molecule has 0 radical (unpaired) electrons. The number of carbonyl (C=O) groups excluding carboxylic acids is 2. The van der Waals surface area contributed by atoms with Gasteiger partial charge in [-0.05, 0) is 56.7 Å². The lowest BCUT2D eigenvalue weighted by molar-refractivity contribution is -0.144. The summed E-state index contributed by atoms with van der Waals surface area (Å²) >= 11 is 0. The van der Waals surface area contributed by atoms with E-state index in [0.29, 0.717) is 25.4 Å². The van der Waals surface area contributed by atoms with Crippen molar-refractivity contribution in [3.8, 4) is 6.07 Å². The summed E-state index contributed by atoms with van der Waals surface area (Å²) in [6.07, 6.45) is 2.43. The Balaban J connectivity index is 1.26. The molecule has 1 unspecified atom stereocenters. The lowest BCUT2D eigenvalue weighted by atomic mass is 9.91. The van der Waals surface area contributed by atoms with E-state index in [9.17, 15) is 19.2 Å². The molecule has 0 aromatic heterocycles. The van der Waals surface area contributed by atoms with E-state index in [4.69, 9.17) is 5.73 Å². The van der Waals surface area contributed by atoms with Gasteiger partial charge in [0.1, 0.15) is 11.9 Å². The Kier molecular flexibility index (Phi) is 4.61. The van der Waals surface area contributed by atoms with Crippen molar-refractivity contribution in [2.24, 2.45) is 11.7 Å². The normalized spacial score (nSPS) is 32.9. The minimum absolute atomic E-state index is 0.0311. The van der Waals surface area contributed by atoms with Gasteiger partial charge in [-0.15, -0.1) is 0 Å². The van der Waals surface area contributed by atoms with Crippen LogP contribution in [0.2, 0.25) is 0 Å². The van der Waals surface area contributed by atoms with Crippen molar-refractivity contribution in [2.75, 3.05) is 13.1 Å². The molecule has 8 heteroatoms. The summed E-state index contributed by atoms with van der Waals surface area (Å²) in [5, 5.41) is 9.36. The van der Waals surface area contributed by atoms with Gasteiger partial charge in [0.2, 0.25) is 11.8 Å². The number of nitriles is 1. The van der Waals surface area contributed by atoms with Gasteiger partial charge in [-0.3, -0.25) is 14.5 Å². The Hall–Kier alpha value is -2.50. The molecule has 3 aliphatic heterocycles. The SMILES string of the molecule is CC(C)(c1ccc(F)cc1)N1C(=O)[C@@H]2C[C@H]1CN2C[C@H](N)C(=O)N1[C@H](C#N)CC2C[C@@H]21. The standard InChI is InChI=1S/C23H28FN5O2/c1-23(2,14-3-5-15(24)6-4-14)29-17-9-20(22(29)31)27(11-17)12-18(26)21(30)28-16(10-25)7-13-8-19(13)28/h3-6,13,16-20H,7-9,11-12,26H2,1-2H3/t13?,16-,17-,18-,19-,20-/m0/s1. The van der Waals surface area contributed by atoms with Gasteiger partial charge in [-0.25, -0.2) is 4.39 Å². The van der Waals surface area contributed by atoms with Crippen molar-refractivity contribution < 1.29 is 14.0 Å². The first-order valence-corrected chi connectivity index (χ1v) is 11.0. The van der Waals surface area contributed by atoms with Gasteiger partial charge in [-0.2, -0.15) is 5.26 Å².